The average Bonchev–Trinajstić information content (AvgIpc) is 3.38. The van der Waals surface area contributed by atoms with Gasteiger partial charge in [0.15, 0.2) is 0 Å². The maximum Gasteiger partial charge on any atom is 0.0895 e. The van der Waals surface area contributed by atoms with Gasteiger partial charge >= 0.3 is 0 Å². The lowest BCUT2D eigenvalue weighted by Gasteiger charge is -2.59. The maximum atomic E-state index is 12.2. The second-order valence-corrected chi connectivity index (χ2v) is 12.6. The van der Waals surface area contributed by atoms with Crippen LogP contribution in [0.15, 0.2) is 11.6 Å². The Balaban J connectivity index is 1.38. The molecule has 3 nitrogen and oxygen atoms in total. The van der Waals surface area contributed by atoms with Crippen molar-refractivity contribution in [1.29, 1.82) is 0 Å². The van der Waals surface area contributed by atoms with Crippen LogP contribution in [0, 0.1) is 40.4 Å². The van der Waals surface area contributed by atoms with Crippen molar-refractivity contribution in [2.24, 2.45) is 40.4 Å². The van der Waals surface area contributed by atoms with E-state index in [-0.39, 0.29) is 29.0 Å². The van der Waals surface area contributed by atoms with Gasteiger partial charge in [0.1, 0.15) is 0 Å². The van der Waals surface area contributed by atoms with Gasteiger partial charge in [-0.1, -0.05) is 46.3 Å². The Hall–Kier alpha value is -0.380. The first kappa shape index (κ1) is 21.5. The number of rotatable bonds is 4. The molecule has 3 heteroatoms. The minimum atomic E-state index is -0.591. The monoisotopic (exact) mass is 416 g/mol. The van der Waals surface area contributed by atoms with Crippen LogP contribution in [0.5, 0.6) is 0 Å². The van der Waals surface area contributed by atoms with E-state index in [1.54, 1.807) is 0 Å². The van der Waals surface area contributed by atoms with Gasteiger partial charge in [-0.3, -0.25) is 0 Å². The molecule has 3 unspecified atom stereocenters. The van der Waals surface area contributed by atoms with Gasteiger partial charge in [-0.2, -0.15) is 0 Å². The standard InChI is InChI=1S/C27H44O3/c1-16(2)14-23-24(30-23)17(3)27(29)13-10-22-20-7-6-18-15-19(28)8-11-25(18,4)21(20)9-12-26(22,27)5/h6,16-17,19-24,28-29H,7-15H2,1-5H3/t17?,19-,20+,21-,22-,23?,24?,25-,26-,27-/m0/s1. The van der Waals surface area contributed by atoms with Crippen LogP contribution in [0.4, 0.5) is 0 Å². The van der Waals surface area contributed by atoms with Gasteiger partial charge in [-0.15, -0.1) is 0 Å². The molecule has 10 atom stereocenters. The van der Waals surface area contributed by atoms with E-state index in [4.69, 9.17) is 4.74 Å². The van der Waals surface area contributed by atoms with E-state index < -0.39 is 5.60 Å². The van der Waals surface area contributed by atoms with Crippen molar-refractivity contribution in [1.82, 2.24) is 0 Å². The van der Waals surface area contributed by atoms with E-state index in [0.717, 1.165) is 50.9 Å². The van der Waals surface area contributed by atoms with Crippen LogP contribution < -0.4 is 0 Å². The highest BCUT2D eigenvalue weighted by Gasteiger charge is 2.67. The van der Waals surface area contributed by atoms with E-state index in [1.165, 1.54) is 18.4 Å². The fourth-order valence-corrected chi connectivity index (χ4v) is 8.96. The van der Waals surface area contributed by atoms with Crippen LogP contribution in [0.25, 0.3) is 0 Å². The van der Waals surface area contributed by atoms with Crippen molar-refractivity contribution in [3.8, 4) is 0 Å². The van der Waals surface area contributed by atoms with Gasteiger partial charge in [-0.05, 0) is 92.3 Å². The second kappa shape index (κ2) is 7.06. The van der Waals surface area contributed by atoms with Crippen LogP contribution in [-0.2, 0) is 4.74 Å². The minimum Gasteiger partial charge on any atom is -0.393 e. The molecule has 5 aliphatic rings. The molecule has 4 fully saturated rings. The predicted molar refractivity (Wildman–Crippen MR) is 120 cm³/mol. The zero-order chi connectivity index (χ0) is 21.5. The molecule has 1 heterocycles. The van der Waals surface area contributed by atoms with E-state index >= 15 is 0 Å². The molecule has 2 N–H and O–H groups in total. The maximum absolute atomic E-state index is 12.2. The summed E-state index contributed by atoms with van der Waals surface area (Å²) in [5, 5.41) is 22.4. The number of hydrogen-bond donors (Lipinski definition) is 2. The molecule has 1 saturated heterocycles. The lowest BCUT2D eigenvalue weighted by atomic mass is 9.46. The van der Waals surface area contributed by atoms with Crippen molar-refractivity contribution in [2.75, 3.05) is 0 Å². The molecule has 170 valence electrons. The normalized spacial score (nSPS) is 53.5. The molecule has 0 aromatic rings. The molecule has 4 aliphatic carbocycles. The van der Waals surface area contributed by atoms with E-state index in [1.807, 2.05) is 0 Å². The van der Waals surface area contributed by atoms with Crippen LogP contribution in [0.1, 0.15) is 92.4 Å². The SMILES string of the molecule is CC(C)CC1OC1C(C)[C@@]1(O)CC[C@H]2[C@@H]3CC=C4C[C@@H](O)CC[C@]4(C)[C@H]3CC[C@@]21C. The van der Waals surface area contributed by atoms with Crippen molar-refractivity contribution < 1.29 is 14.9 Å². The summed E-state index contributed by atoms with van der Waals surface area (Å²) in [6, 6.07) is 0. The first-order valence-corrected chi connectivity index (χ1v) is 12.9. The van der Waals surface area contributed by atoms with Gasteiger partial charge in [0.2, 0.25) is 0 Å². The topological polar surface area (TPSA) is 53.0 Å². The van der Waals surface area contributed by atoms with Crippen LogP contribution in [0.3, 0.4) is 0 Å². The van der Waals surface area contributed by atoms with Crippen molar-refractivity contribution in [3.05, 3.63) is 11.6 Å². The van der Waals surface area contributed by atoms with E-state index in [2.05, 4.69) is 40.7 Å². The number of ether oxygens (including phenoxy) is 1. The minimum absolute atomic E-state index is 0.0117. The first-order valence-electron chi connectivity index (χ1n) is 12.9. The summed E-state index contributed by atoms with van der Waals surface area (Å²) >= 11 is 0. The molecule has 1 aliphatic heterocycles. The van der Waals surface area contributed by atoms with Gasteiger partial charge < -0.3 is 14.9 Å². The molecular formula is C27H44O3. The lowest BCUT2D eigenvalue weighted by molar-refractivity contribution is -0.152. The third-order valence-corrected chi connectivity index (χ3v) is 10.9. The van der Waals surface area contributed by atoms with Gasteiger partial charge in [-0.25, -0.2) is 0 Å². The Kier molecular flexibility index (Phi) is 5.05. The van der Waals surface area contributed by atoms with Gasteiger partial charge in [0, 0.05) is 5.92 Å². The summed E-state index contributed by atoms with van der Waals surface area (Å²) in [6.45, 7) is 11.7. The zero-order valence-corrected chi connectivity index (χ0v) is 19.9. The molecule has 0 bridgehead atoms. The van der Waals surface area contributed by atoms with Crippen LogP contribution in [0.2, 0.25) is 0 Å². The lowest BCUT2D eigenvalue weighted by Crippen LogP contribution is -2.57. The van der Waals surface area contributed by atoms with Crippen molar-refractivity contribution >= 4 is 0 Å². The van der Waals surface area contributed by atoms with Gasteiger partial charge in [0.25, 0.3) is 0 Å². The summed E-state index contributed by atoms with van der Waals surface area (Å²) in [5.74, 6) is 2.92. The summed E-state index contributed by atoms with van der Waals surface area (Å²) in [4.78, 5) is 0. The highest BCUT2D eigenvalue weighted by Crippen LogP contribution is 2.69. The van der Waals surface area contributed by atoms with E-state index in [0.29, 0.717) is 23.9 Å². The average molecular weight is 417 g/mol. The second-order valence-electron chi connectivity index (χ2n) is 12.6. The fourth-order valence-electron chi connectivity index (χ4n) is 8.96. The highest BCUT2D eigenvalue weighted by molar-refractivity contribution is 5.26. The molecule has 5 rings (SSSR count). The molecular weight excluding hydrogens is 372 g/mol. The molecule has 3 saturated carbocycles. The molecule has 0 aromatic heterocycles. The number of fused-ring (bicyclic) bond motifs is 5. The largest absolute Gasteiger partial charge is 0.393 e. The number of allylic oxidation sites excluding steroid dienone is 1. The molecule has 0 radical (unpaired) electrons. The number of hydrogen-bond acceptors (Lipinski definition) is 3. The quantitative estimate of drug-likeness (QED) is 0.470. The number of epoxide rings is 1. The summed E-state index contributed by atoms with van der Waals surface area (Å²) in [7, 11) is 0. The van der Waals surface area contributed by atoms with E-state index in [9.17, 15) is 10.2 Å². The smallest absolute Gasteiger partial charge is 0.0895 e. The molecule has 0 aromatic carbocycles. The molecule has 30 heavy (non-hydrogen) atoms. The Morgan fingerprint density at radius 2 is 1.80 bits per heavy atom. The molecule has 0 spiro atoms. The Bertz CT molecular complexity index is 715. The summed E-state index contributed by atoms with van der Waals surface area (Å²) in [5.41, 5.74) is 1.23. The third kappa shape index (κ3) is 2.94. The Morgan fingerprint density at radius 1 is 1.07 bits per heavy atom. The van der Waals surface area contributed by atoms with Gasteiger partial charge in [0.05, 0.1) is 23.9 Å². The number of aliphatic hydroxyl groups excluding tert-OH is 1. The summed E-state index contributed by atoms with van der Waals surface area (Å²) in [6.07, 6.45) is 12.7. The van der Waals surface area contributed by atoms with Crippen LogP contribution in [-0.4, -0.2) is 34.1 Å². The molecule has 0 amide bonds. The Labute approximate surface area is 183 Å². The summed E-state index contributed by atoms with van der Waals surface area (Å²) < 4.78 is 6.10. The third-order valence-electron chi connectivity index (χ3n) is 10.9. The Morgan fingerprint density at radius 3 is 2.53 bits per heavy atom. The fraction of sp³-hybridized carbons (Fsp3) is 0.926. The zero-order valence-electron chi connectivity index (χ0n) is 19.9. The highest BCUT2D eigenvalue weighted by atomic mass is 16.6. The number of aliphatic hydroxyl groups is 2. The predicted octanol–water partition coefficient (Wildman–Crippen LogP) is 5.49. The first-order chi connectivity index (χ1) is 14.1. The van der Waals surface area contributed by atoms with Crippen molar-refractivity contribution in [3.63, 3.8) is 0 Å². The van der Waals surface area contributed by atoms with Crippen LogP contribution >= 0.6 is 0 Å². The van der Waals surface area contributed by atoms with Crippen molar-refractivity contribution in [2.45, 2.75) is 116 Å².